The SMILES string of the molecule is O=C(OC1CCCC(N(C2CCCCC2)C2CCC(C3CCC(N(C4CCCCC4)C4CCCC(OC(=O)c5ccc6ccccc6c5)C4)CC3)CC2)C1)c1cc([N+](=O)[O-])cc([N+](=O)[O-])c1. The molecule has 4 unspecified atom stereocenters. The number of nitro groups is 2. The summed E-state index contributed by atoms with van der Waals surface area (Å²) in [5, 5.41) is 25.2. The zero-order chi connectivity index (χ0) is 45.6. The summed E-state index contributed by atoms with van der Waals surface area (Å²) in [6, 6.07) is 20.3. The lowest BCUT2D eigenvalue weighted by Crippen LogP contribution is -2.54. The number of hydrogen-bond donors (Lipinski definition) is 0. The highest BCUT2D eigenvalue weighted by molar-refractivity contribution is 5.95. The number of esters is 2. The molecule has 6 saturated carbocycles. The highest BCUT2D eigenvalue weighted by Gasteiger charge is 2.43. The Kier molecular flexibility index (Phi) is 15.3. The second-order valence-corrected chi connectivity index (χ2v) is 21.1. The van der Waals surface area contributed by atoms with E-state index in [1.165, 1.54) is 122 Å². The van der Waals surface area contributed by atoms with Crippen LogP contribution in [0.1, 0.15) is 188 Å². The molecule has 12 heteroatoms. The molecule has 3 aromatic carbocycles. The molecule has 0 bridgehead atoms. The molecular weight excluding hydrogens is 833 g/mol. The van der Waals surface area contributed by atoms with Gasteiger partial charge in [-0.1, -0.05) is 68.9 Å². The highest BCUT2D eigenvalue weighted by atomic mass is 16.6. The topological polar surface area (TPSA) is 145 Å². The van der Waals surface area contributed by atoms with Crippen LogP contribution in [0.4, 0.5) is 11.4 Å². The molecule has 6 fully saturated rings. The molecule has 0 spiro atoms. The monoisotopic (exact) mass is 905 g/mol. The van der Waals surface area contributed by atoms with Gasteiger partial charge in [0.1, 0.15) is 12.2 Å². The van der Waals surface area contributed by atoms with Crippen LogP contribution in [0, 0.1) is 32.1 Å². The van der Waals surface area contributed by atoms with Gasteiger partial charge in [-0.3, -0.25) is 30.0 Å². The van der Waals surface area contributed by atoms with Crippen molar-refractivity contribution in [3.63, 3.8) is 0 Å². The summed E-state index contributed by atoms with van der Waals surface area (Å²) in [6.45, 7) is 0. The first-order chi connectivity index (χ1) is 32.2. The summed E-state index contributed by atoms with van der Waals surface area (Å²) in [7, 11) is 0. The number of non-ortho nitro benzene ring substituents is 2. The predicted molar refractivity (Wildman–Crippen MR) is 256 cm³/mol. The molecule has 0 aromatic heterocycles. The molecule has 0 aliphatic heterocycles. The van der Waals surface area contributed by atoms with Crippen molar-refractivity contribution in [2.24, 2.45) is 11.8 Å². The molecule has 0 amide bonds. The van der Waals surface area contributed by atoms with Crippen LogP contribution in [0.3, 0.4) is 0 Å². The van der Waals surface area contributed by atoms with Gasteiger partial charge in [-0.15, -0.1) is 0 Å². The third-order valence-electron chi connectivity index (χ3n) is 17.1. The maximum Gasteiger partial charge on any atom is 0.338 e. The molecule has 0 N–H and O–H groups in total. The zero-order valence-corrected chi connectivity index (χ0v) is 39.0. The number of nitro benzene ring substituents is 2. The number of carbonyl (C=O) groups is 2. The lowest BCUT2D eigenvalue weighted by atomic mass is 9.70. The summed E-state index contributed by atoms with van der Waals surface area (Å²) >= 11 is 0. The zero-order valence-electron chi connectivity index (χ0n) is 39.0. The van der Waals surface area contributed by atoms with Crippen molar-refractivity contribution in [1.29, 1.82) is 0 Å². The average molecular weight is 905 g/mol. The minimum atomic E-state index is -0.727. The third-order valence-corrected chi connectivity index (χ3v) is 17.1. The lowest BCUT2D eigenvalue weighted by Gasteiger charge is -2.51. The Hall–Kier alpha value is -4.42. The van der Waals surface area contributed by atoms with Crippen LogP contribution in [0.2, 0.25) is 0 Å². The minimum Gasteiger partial charge on any atom is -0.459 e. The van der Waals surface area contributed by atoms with Crippen molar-refractivity contribution in [2.75, 3.05) is 0 Å². The fourth-order valence-corrected chi connectivity index (χ4v) is 14.0. The fraction of sp³-hybridized carbons (Fsp3) is 0.667. The van der Waals surface area contributed by atoms with Crippen LogP contribution >= 0.6 is 0 Å². The Morgan fingerprint density at radius 3 is 1.33 bits per heavy atom. The number of rotatable bonds is 13. The van der Waals surface area contributed by atoms with E-state index >= 15 is 0 Å². The van der Waals surface area contributed by atoms with Crippen LogP contribution in [-0.4, -0.2) is 80.0 Å². The Bertz CT molecular complexity index is 2120. The van der Waals surface area contributed by atoms with E-state index in [9.17, 15) is 29.8 Å². The summed E-state index contributed by atoms with van der Waals surface area (Å²) in [6.07, 6.45) is 30.3. The average Bonchev–Trinajstić information content (AvgIpc) is 3.35. The van der Waals surface area contributed by atoms with Gasteiger partial charge in [-0.05, 0) is 163 Å². The molecule has 9 rings (SSSR count). The first kappa shape index (κ1) is 46.7. The van der Waals surface area contributed by atoms with Gasteiger partial charge in [0.05, 0.1) is 27.0 Å². The molecule has 3 aromatic rings. The van der Waals surface area contributed by atoms with Crippen LogP contribution in [0.25, 0.3) is 10.8 Å². The number of nitrogens with zero attached hydrogens (tertiary/aromatic N) is 4. The van der Waals surface area contributed by atoms with Gasteiger partial charge in [-0.2, -0.15) is 0 Å². The maximum absolute atomic E-state index is 13.5. The van der Waals surface area contributed by atoms with Crippen LogP contribution in [0.5, 0.6) is 0 Å². The second kappa shape index (κ2) is 21.7. The minimum absolute atomic E-state index is 0.0327. The molecule has 0 saturated heterocycles. The first-order valence-electron chi connectivity index (χ1n) is 26.1. The van der Waals surface area contributed by atoms with Gasteiger partial charge < -0.3 is 9.47 Å². The van der Waals surface area contributed by atoms with Crippen LogP contribution < -0.4 is 0 Å². The van der Waals surface area contributed by atoms with E-state index in [1.54, 1.807) is 0 Å². The van der Waals surface area contributed by atoms with Gasteiger partial charge >= 0.3 is 11.9 Å². The quantitative estimate of drug-likeness (QED) is 0.0923. The molecule has 66 heavy (non-hydrogen) atoms. The van der Waals surface area contributed by atoms with Crippen molar-refractivity contribution in [3.05, 3.63) is 92.0 Å². The van der Waals surface area contributed by atoms with E-state index in [0.29, 0.717) is 41.8 Å². The van der Waals surface area contributed by atoms with Gasteiger partial charge in [0.25, 0.3) is 11.4 Å². The van der Waals surface area contributed by atoms with E-state index in [0.717, 1.165) is 85.8 Å². The first-order valence-corrected chi connectivity index (χ1v) is 26.1. The van der Waals surface area contributed by atoms with Crippen molar-refractivity contribution in [2.45, 2.75) is 215 Å². The molecule has 12 nitrogen and oxygen atoms in total. The molecule has 0 heterocycles. The number of fused-ring (bicyclic) bond motifs is 1. The predicted octanol–water partition coefficient (Wildman–Crippen LogP) is 12.7. The molecule has 356 valence electrons. The number of carbonyl (C=O) groups excluding carboxylic acids is 2. The summed E-state index contributed by atoms with van der Waals surface area (Å²) in [4.78, 5) is 54.4. The van der Waals surface area contributed by atoms with Gasteiger partial charge in [0.2, 0.25) is 0 Å². The lowest BCUT2D eigenvalue weighted by molar-refractivity contribution is -0.394. The molecule has 0 radical (unpaired) electrons. The number of ether oxygens (including phenoxy) is 2. The van der Waals surface area contributed by atoms with Crippen LogP contribution in [-0.2, 0) is 9.47 Å². The molecule has 6 aliphatic rings. The number of benzene rings is 3. The highest BCUT2D eigenvalue weighted by Crippen LogP contribution is 2.45. The summed E-state index contributed by atoms with van der Waals surface area (Å²) < 4.78 is 12.3. The molecule has 4 atom stereocenters. The Balaban J connectivity index is 0.805. The van der Waals surface area contributed by atoms with Gasteiger partial charge in [0, 0.05) is 48.4 Å². The van der Waals surface area contributed by atoms with Gasteiger partial charge in [0.15, 0.2) is 0 Å². The van der Waals surface area contributed by atoms with E-state index in [-0.39, 0.29) is 23.7 Å². The summed E-state index contributed by atoms with van der Waals surface area (Å²) in [5.41, 5.74) is -0.471. The second-order valence-electron chi connectivity index (χ2n) is 21.1. The van der Waals surface area contributed by atoms with Crippen molar-refractivity contribution in [1.82, 2.24) is 9.80 Å². The molecule has 6 aliphatic carbocycles. The Labute approximate surface area is 390 Å². The van der Waals surface area contributed by atoms with Crippen molar-refractivity contribution >= 4 is 34.1 Å². The third kappa shape index (κ3) is 11.1. The van der Waals surface area contributed by atoms with E-state index in [4.69, 9.17) is 9.47 Å². The maximum atomic E-state index is 13.5. The van der Waals surface area contributed by atoms with Gasteiger partial charge in [-0.25, -0.2) is 9.59 Å². The summed E-state index contributed by atoms with van der Waals surface area (Å²) in [5.74, 6) is 0.637. The largest absolute Gasteiger partial charge is 0.459 e. The Morgan fingerprint density at radius 2 is 0.864 bits per heavy atom. The normalized spacial score (nSPS) is 29.4. The van der Waals surface area contributed by atoms with Crippen molar-refractivity contribution in [3.8, 4) is 0 Å². The van der Waals surface area contributed by atoms with E-state index in [1.807, 2.05) is 30.3 Å². The molecular formula is C54H72N4O8. The fourth-order valence-electron chi connectivity index (χ4n) is 14.0. The standard InChI is InChI=1S/C54H72N4O8/c59-53(41-22-21-37-11-7-8-12-40(37)31-41)65-51-19-9-17-47(35-51)55(43-13-3-1-4-14-43)45-27-23-38(24-28-45)39-25-29-46(30-26-39)56(44-15-5-2-6-16-44)48-18-10-20-52(36-48)66-54(60)42-32-49(57(61)62)34-50(33-42)58(63)64/h7-8,11-12,21-22,31-34,38-39,43-48,51-52H,1-6,9-10,13-20,23-30,35-36H2. The Morgan fingerprint density at radius 1 is 0.439 bits per heavy atom. The van der Waals surface area contributed by atoms with E-state index < -0.39 is 27.2 Å². The smallest absolute Gasteiger partial charge is 0.338 e. The van der Waals surface area contributed by atoms with Crippen LogP contribution in [0.15, 0.2) is 60.7 Å². The number of hydrogen-bond acceptors (Lipinski definition) is 10. The van der Waals surface area contributed by atoms with Crippen molar-refractivity contribution < 1.29 is 28.9 Å². The van der Waals surface area contributed by atoms with E-state index in [2.05, 4.69) is 21.9 Å².